The number of nitrogens with zero attached hydrogens (tertiary/aromatic N) is 1. The van der Waals surface area contributed by atoms with Crippen molar-refractivity contribution in [2.45, 2.75) is 6.92 Å². The van der Waals surface area contributed by atoms with Crippen LogP contribution in [0.25, 0.3) is 0 Å². The van der Waals surface area contributed by atoms with Crippen molar-refractivity contribution in [2.75, 3.05) is 17.7 Å². The lowest BCUT2D eigenvalue weighted by atomic mass is 10.1. The topological polar surface area (TPSA) is 111 Å². The first-order chi connectivity index (χ1) is 11.4. The van der Waals surface area contributed by atoms with Gasteiger partial charge in [0.15, 0.2) is 0 Å². The van der Waals surface area contributed by atoms with Gasteiger partial charge in [0.1, 0.15) is 5.75 Å². The van der Waals surface area contributed by atoms with Crippen LogP contribution in [0.15, 0.2) is 42.5 Å². The Morgan fingerprint density at radius 3 is 2.46 bits per heavy atom. The van der Waals surface area contributed by atoms with E-state index < -0.39 is 10.8 Å². The van der Waals surface area contributed by atoms with Gasteiger partial charge in [0, 0.05) is 30.7 Å². The molecule has 2 rings (SSSR count). The van der Waals surface area contributed by atoms with Crippen LogP contribution in [-0.4, -0.2) is 23.8 Å². The zero-order chi connectivity index (χ0) is 17.7. The number of nitro groups is 1. The molecule has 0 unspecified atom stereocenters. The molecule has 0 aliphatic rings. The van der Waals surface area contributed by atoms with Crippen molar-refractivity contribution in [3.63, 3.8) is 0 Å². The lowest BCUT2D eigenvalue weighted by molar-refractivity contribution is -0.384. The van der Waals surface area contributed by atoms with Crippen LogP contribution in [0.1, 0.15) is 17.3 Å². The number of nitrogens with one attached hydrogen (secondary N) is 2. The summed E-state index contributed by atoms with van der Waals surface area (Å²) in [4.78, 5) is 33.8. The van der Waals surface area contributed by atoms with E-state index in [9.17, 15) is 19.7 Å². The normalized spacial score (nSPS) is 9.92. The number of carbonyl (C=O) groups excluding carboxylic acids is 2. The molecule has 0 saturated carbocycles. The van der Waals surface area contributed by atoms with Gasteiger partial charge in [0.25, 0.3) is 11.6 Å². The summed E-state index contributed by atoms with van der Waals surface area (Å²) in [6.07, 6.45) is 0. The molecule has 0 aromatic heterocycles. The number of rotatable bonds is 5. The Balaban J connectivity index is 2.31. The fourth-order valence-electron chi connectivity index (χ4n) is 2.01. The molecule has 2 amide bonds. The van der Waals surface area contributed by atoms with E-state index in [0.717, 1.165) is 0 Å². The van der Waals surface area contributed by atoms with Crippen LogP contribution < -0.4 is 15.4 Å². The van der Waals surface area contributed by atoms with Crippen LogP contribution >= 0.6 is 0 Å². The third-order valence-electron chi connectivity index (χ3n) is 3.10. The smallest absolute Gasteiger partial charge is 0.270 e. The predicted molar refractivity (Wildman–Crippen MR) is 88.3 cm³/mol. The first kappa shape index (κ1) is 16.9. The van der Waals surface area contributed by atoms with Gasteiger partial charge < -0.3 is 15.4 Å². The van der Waals surface area contributed by atoms with Crippen molar-refractivity contribution in [1.82, 2.24) is 0 Å². The van der Waals surface area contributed by atoms with Crippen LogP contribution in [0, 0.1) is 10.1 Å². The van der Waals surface area contributed by atoms with E-state index in [0.29, 0.717) is 17.1 Å². The Bertz CT molecular complexity index is 804. The fraction of sp³-hybridized carbons (Fsp3) is 0.125. The minimum absolute atomic E-state index is 0.126. The van der Waals surface area contributed by atoms with Gasteiger partial charge in [-0.2, -0.15) is 0 Å². The highest BCUT2D eigenvalue weighted by molar-refractivity contribution is 6.07. The maximum absolute atomic E-state index is 12.3. The first-order valence-corrected chi connectivity index (χ1v) is 6.92. The monoisotopic (exact) mass is 329 g/mol. The van der Waals surface area contributed by atoms with Gasteiger partial charge in [0.2, 0.25) is 5.91 Å². The van der Waals surface area contributed by atoms with Crippen molar-refractivity contribution in [1.29, 1.82) is 0 Å². The van der Waals surface area contributed by atoms with Crippen LogP contribution in [0.4, 0.5) is 17.1 Å². The number of hydrogen-bond acceptors (Lipinski definition) is 5. The first-order valence-electron chi connectivity index (χ1n) is 6.92. The molecular formula is C16H15N3O5. The number of hydrogen-bond donors (Lipinski definition) is 2. The molecule has 24 heavy (non-hydrogen) atoms. The summed E-state index contributed by atoms with van der Waals surface area (Å²) in [5.74, 6) is -0.358. The van der Waals surface area contributed by atoms with Gasteiger partial charge >= 0.3 is 0 Å². The molecule has 124 valence electrons. The largest absolute Gasteiger partial charge is 0.497 e. The summed E-state index contributed by atoms with van der Waals surface area (Å²) in [5, 5.41) is 16.0. The molecule has 0 saturated heterocycles. The standard InChI is InChI=1S/C16H15N3O5/c1-10(20)17-14-7-6-13(24-2)9-15(14)18-16(21)11-4-3-5-12(8-11)19(22)23/h3-9H,1-2H3,(H,17,20)(H,18,21). The number of non-ortho nitro benzene ring substituents is 1. The molecule has 2 N–H and O–H groups in total. The van der Waals surface area contributed by atoms with Gasteiger partial charge in [-0.1, -0.05) is 6.07 Å². The van der Waals surface area contributed by atoms with E-state index in [4.69, 9.17) is 4.74 Å². The van der Waals surface area contributed by atoms with Crippen LogP contribution in [0.2, 0.25) is 0 Å². The number of carbonyl (C=O) groups is 2. The molecule has 2 aromatic carbocycles. The molecule has 0 fully saturated rings. The molecule has 0 heterocycles. The number of benzene rings is 2. The van der Waals surface area contributed by atoms with Gasteiger partial charge in [-0.15, -0.1) is 0 Å². The molecule has 0 aliphatic heterocycles. The summed E-state index contributed by atoms with van der Waals surface area (Å²) >= 11 is 0. The van der Waals surface area contributed by atoms with Crippen molar-refractivity contribution >= 4 is 28.9 Å². The zero-order valence-corrected chi connectivity index (χ0v) is 13.0. The minimum atomic E-state index is -0.578. The van der Waals surface area contributed by atoms with Crippen molar-refractivity contribution in [3.05, 3.63) is 58.1 Å². The minimum Gasteiger partial charge on any atom is -0.497 e. The summed E-state index contributed by atoms with van der Waals surface area (Å²) in [5.41, 5.74) is 0.652. The third-order valence-corrected chi connectivity index (χ3v) is 3.10. The summed E-state index contributed by atoms with van der Waals surface area (Å²) in [6, 6.07) is 10.1. The zero-order valence-electron chi connectivity index (χ0n) is 13.0. The Hall–Kier alpha value is -3.42. The van der Waals surface area contributed by atoms with Crippen molar-refractivity contribution in [2.24, 2.45) is 0 Å². The summed E-state index contributed by atoms with van der Waals surface area (Å²) in [7, 11) is 1.47. The summed E-state index contributed by atoms with van der Waals surface area (Å²) in [6.45, 7) is 1.34. The number of nitro benzene ring substituents is 1. The second kappa shape index (κ2) is 7.23. The van der Waals surface area contributed by atoms with E-state index in [1.54, 1.807) is 18.2 Å². The van der Waals surface area contributed by atoms with E-state index in [1.165, 1.54) is 38.3 Å². The van der Waals surface area contributed by atoms with Gasteiger partial charge in [-0.05, 0) is 18.2 Å². The number of anilines is 2. The molecule has 0 radical (unpaired) electrons. The molecule has 0 bridgehead atoms. The Morgan fingerprint density at radius 1 is 1.08 bits per heavy atom. The third kappa shape index (κ3) is 4.07. The Morgan fingerprint density at radius 2 is 1.83 bits per heavy atom. The molecule has 8 nitrogen and oxygen atoms in total. The molecule has 8 heteroatoms. The highest BCUT2D eigenvalue weighted by atomic mass is 16.6. The number of methoxy groups -OCH3 is 1. The molecule has 0 spiro atoms. The maximum atomic E-state index is 12.3. The molecule has 0 aliphatic carbocycles. The van der Waals surface area contributed by atoms with E-state index in [-0.39, 0.29) is 17.2 Å². The van der Waals surface area contributed by atoms with Crippen LogP contribution in [-0.2, 0) is 4.79 Å². The van der Waals surface area contributed by atoms with Gasteiger partial charge in [-0.25, -0.2) is 0 Å². The number of amides is 2. The summed E-state index contributed by atoms with van der Waals surface area (Å²) < 4.78 is 5.10. The van der Waals surface area contributed by atoms with Gasteiger partial charge in [-0.3, -0.25) is 19.7 Å². The van der Waals surface area contributed by atoms with E-state index in [2.05, 4.69) is 10.6 Å². The quantitative estimate of drug-likeness (QED) is 0.647. The molecule has 2 aromatic rings. The number of ether oxygens (including phenoxy) is 1. The van der Waals surface area contributed by atoms with Crippen molar-refractivity contribution in [3.8, 4) is 5.75 Å². The SMILES string of the molecule is COc1ccc(NC(C)=O)c(NC(=O)c2cccc([N+](=O)[O-])c2)c1. The van der Waals surface area contributed by atoms with Crippen LogP contribution in [0.3, 0.4) is 0 Å². The lowest BCUT2D eigenvalue weighted by Crippen LogP contribution is -2.15. The lowest BCUT2D eigenvalue weighted by Gasteiger charge is -2.13. The van der Waals surface area contributed by atoms with E-state index >= 15 is 0 Å². The van der Waals surface area contributed by atoms with Crippen LogP contribution in [0.5, 0.6) is 5.75 Å². The second-order valence-electron chi connectivity index (χ2n) is 4.85. The van der Waals surface area contributed by atoms with Crippen molar-refractivity contribution < 1.29 is 19.2 Å². The van der Waals surface area contributed by atoms with Gasteiger partial charge in [0.05, 0.1) is 23.4 Å². The maximum Gasteiger partial charge on any atom is 0.270 e. The highest BCUT2D eigenvalue weighted by Crippen LogP contribution is 2.28. The average Bonchev–Trinajstić information content (AvgIpc) is 2.56. The second-order valence-corrected chi connectivity index (χ2v) is 4.85. The van der Waals surface area contributed by atoms with E-state index in [1.807, 2.05) is 0 Å². The Kier molecular flexibility index (Phi) is 5.10. The predicted octanol–water partition coefficient (Wildman–Crippen LogP) is 2.81. The average molecular weight is 329 g/mol. The Labute approximate surface area is 137 Å². The molecular weight excluding hydrogens is 314 g/mol. The molecule has 0 atom stereocenters. The fourth-order valence-corrected chi connectivity index (χ4v) is 2.01. The highest BCUT2D eigenvalue weighted by Gasteiger charge is 2.14.